The molecule has 5 rings (SSSR count). The number of ketones is 1. The zero-order chi connectivity index (χ0) is 19.3. The summed E-state index contributed by atoms with van der Waals surface area (Å²) in [6.45, 7) is 0.285. The fraction of sp³-hybridized carbons (Fsp3) is 0.190. The van der Waals surface area contributed by atoms with Crippen LogP contribution in [0.25, 0.3) is 22.3 Å². The number of carbonyl (C=O) groups is 1. The third-order valence-corrected chi connectivity index (χ3v) is 5.29. The van der Waals surface area contributed by atoms with E-state index in [0.717, 1.165) is 16.6 Å². The Bertz CT molecular complexity index is 1180. The lowest BCUT2D eigenvalue weighted by Crippen LogP contribution is -2.39. The molecule has 7 heteroatoms. The predicted molar refractivity (Wildman–Crippen MR) is 101 cm³/mol. The maximum Gasteiger partial charge on any atom is 0.187 e. The fourth-order valence-electron chi connectivity index (χ4n) is 3.69. The van der Waals surface area contributed by atoms with Gasteiger partial charge in [-0.15, -0.1) is 0 Å². The molecule has 1 aliphatic rings. The van der Waals surface area contributed by atoms with Crippen LogP contribution in [0.15, 0.2) is 54.9 Å². The van der Waals surface area contributed by atoms with Crippen molar-refractivity contribution in [1.82, 2.24) is 19.7 Å². The van der Waals surface area contributed by atoms with Gasteiger partial charge >= 0.3 is 0 Å². The highest BCUT2D eigenvalue weighted by molar-refractivity contribution is 6.01. The van der Waals surface area contributed by atoms with Crippen LogP contribution in [0.5, 0.6) is 0 Å². The molecule has 0 spiro atoms. The Labute approximate surface area is 160 Å². The van der Waals surface area contributed by atoms with Crippen LogP contribution in [0.2, 0.25) is 0 Å². The lowest BCUT2D eigenvalue weighted by atomic mass is 9.86. The van der Waals surface area contributed by atoms with Crippen molar-refractivity contribution in [2.45, 2.75) is 6.10 Å². The quantitative estimate of drug-likeness (QED) is 0.552. The van der Waals surface area contributed by atoms with Gasteiger partial charge in [0.25, 0.3) is 0 Å². The summed E-state index contributed by atoms with van der Waals surface area (Å²) in [5.41, 5.74) is 3.33. The van der Waals surface area contributed by atoms with Gasteiger partial charge in [0, 0.05) is 29.8 Å². The summed E-state index contributed by atoms with van der Waals surface area (Å²) in [4.78, 5) is 17.8. The summed E-state index contributed by atoms with van der Waals surface area (Å²) < 4.78 is 21.4. The number of fused-ring (bicyclic) bond motifs is 1. The Morgan fingerprint density at radius 1 is 1.29 bits per heavy atom. The molecule has 3 aromatic heterocycles. The number of hydrogen-bond acceptors (Lipinski definition) is 4. The first-order valence-corrected chi connectivity index (χ1v) is 8.99. The monoisotopic (exact) mass is 376 g/mol. The average Bonchev–Trinajstić information content (AvgIpc) is 3.31. The van der Waals surface area contributed by atoms with E-state index in [2.05, 4.69) is 15.2 Å². The smallest absolute Gasteiger partial charge is 0.187 e. The van der Waals surface area contributed by atoms with E-state index in [1.54, 1.807) is 35.2 Å². The summed E-state index contributed by atoms with van der Waals surface area (Å²) >= 11 is 0. The van der Waals surface area contributed by atoms with Crippen molar-refractivity contribution in [3.63, 3.8) is 0 Å². The third kappa shape index (κ3) is 2.55. The number of halogens is 1. The van der Waals surface area contributed by atoms with Crippen LogP contribution in [0.3, 0.4) is 0 Å². The van der Waals surface area contributed by atoms with Crippen LogP contribution in [0, 0.1) is 11.7 Å². The molecule has 1 saturated heterocycles. The SMILES string of the molecule is Cn1c(C(=O)C2COC2c2ccccc2F)cc2ccc(-c3cn[nH]c3)nc21. The molecule has 0 radical (unpaired) electrons. The van der Waals surface area contributed by atoms with E-state index >= 15 is 0 Å². The Hall–Kier alpha value is -3.32. The Morgan fingerprint density at radius 2 is 2.14 bits per heavy atom. The zero-order valence-corrected chi connectivity index (χ0v) is 15.1. The van der Waals surface area contributed by atoms with Crippen LogP contribution in [-0.4, -0.2) is 32.1 Å². The topological polar surface area (TPSA) is 72.8 Å². The third-order valence-electron chi connectivity index (χ3n) is 5.29. The number of nitrogens with zero attached hydrogens (tertiary/aromatic N) is 3. The lowest BCUT2D eigenvalue weighted by molar-refractivity contribution is -0.100. The minimum atomic E-state index is -0.554. The van der Waals surface area contributed by atoms with E-state index in [1.807, 2.05) is 25.2 Å². The molecule has 1 aliphatic heterocycles. The zero-order valence-electron chi connectivity index (χ0n) is 15.1. The number of aromatic nitrogens is 4. The van der Waals surface area contributed by atoms with Gasteiger partial charge in [0.2, 0.25) is 0 Å². The number of nitrogens with one attached hydrogen (secondary N) is 1. The van der Waals surface area contributed by atoms with Crippen LogP contribution in [0.1, 0.15) is 22.2 Å². The molecule has 1 N–H and O–H groups in total. The van der Waals surface area contributed by atoms with E-state index in [9.17, 15) is 9.18 Å². The molecule has 2 atom stereocenters. The molecule has 2 unspecified atom stereocenters. The Morgan fingerprint density at radius 3 is 2.86 bits per heavy atom. The van der Waals surface area contributed by atoms with Gasteiger partial charge in [-0.3, -0.25) is 9.89 Å². The number of hydrogen-bond donors (Lipinski definition) is 1. The van der Waals surface area contributed by atoms with E-state index in [1.165, 1.54) is 6.07 Å². The number of Topliss-reactive ketones (excluding diaryl/α,β-unsaturated/α-hetero) is 1. The van der Waals surface area contributed by atoms with Crippen molar-refractivity contribution in [2.75, 3.05) is 6.61 Å². The van der Waals surface area contributed by atoms with Gasteiger partial charge in [-0.25, -0.2) is 9.37 Å². The molecular formula is C21H17FN4O2. The minimum absolute atomic E-state index is 0.0649. The fourth-order valence-corrected chi connectivity index (χ4v) is 3.69. The van der Waals surface area contributed by atoms with Gasteiger partial charge < -0.3 is 9.30 Å². The second-order valence-corrected chi connectivity index (χ2v) is 6.93. The number of benzene rings is 1. The van der Waals surface area contributed by atoms with E-state index in [4.69, 9.17) is 4.74 Å². The number of pyridine rings is 1. The number of H-pyrrole nitrogens is 1. The molecule has 0 bridgehead atoms. The molecule has 1 fully saturated rings. The number of aryl methyl sites for hydroxylation is 1. The lowest BCUT2D eigenvalue weighted by Gasteiger charge is -2.36. The van der Waals surface area contributed by atoms with E-state index < -0.39 is 12.0 Å². The number of carbonyl (C=O) groups excluding carboxylic acids is 1. The minimum Gasteiger partial charge on any atom is -0.372 e. The van der Waals surface area contributed by atoms with Crippen LogP contribution in [-0.2, 0) is 11.8 Å². The predicted octanol–water partition coefficient (Wildman–Crippen LogP) is 3.67. The second kappa shape index (κ2) is 6.38. The second-order valence-electron chi connectivity index (χ2n) is 6.93. The van der Waals surface area contributed by atoms with Gasteiger partial charge in [-0.2, -0.15) is 5.10 Å². The Balaban J connectivity index is 1.50. The normalized spacial score (nSPS) is 18.9. The van der Waals surface area contributed by atoms with Crippen LogP contribution < -0.4 is 0 Å². The molecule has 4 aromatic rings. The van der Waals surface area contributed by atoms with Gasteiger partial charge in [-0.05, 0) is 24.3 Å². The highest BCUT2D eigenvalue weighted by Crippen LogP contribution is 2.39. The van der Waals surface area contributed by atoms with E-state index in [-0.39, 0.29) is 18.2 Å². The maximum absolute atomic E-state index is 14.1. The molecular weight excluding hydrogens is 359 g/mol. The summed E-state index contributed by atoms with van der Waals surface area (Å²) in [5.74, 6) is -0.827. The molecule has 0 saturated carbocycles. The average molecular weight is 376 g/mol. The first-order chi connectivity index (χ1) is 13.6. The van der Waals surface area contributed by atoms with Crippen molar-refractivity contribution in [2.24, 2.45) is 13.0 Å². The summed E-state index contributed by atoms with van der Waals surface area (Å²) in [7, 11) is 1.82. The van der Waals surface area contributed by atoms with Gasteiger partial charge in [-0.1, -0.05) is 18.2 Å². The van der Waals surface area contributed by atoms with Gasteiger partial charge in [0.15, 0.2) is 5.78 Å². The summed E-state index contributed by atoms with van der Waals surface area (Å²) in [6.07, 6.45) is 2.92. The largest absolute Gasteiger partial charge is 0.372 e. The molecule has 28 heavy (non-hydrogen) atoms. The van der Waals surface area contributed by atoms with Crippen molar-refractivity contribution in [3.05, 3.63) is 71.9 Å². The number of rotatable bonds is 4. The molecule has 4 heterocycles. The van der Waals surface area contributed by atoms with Crippen LogP contribution in [0.4, 0.5) is 4.39 Å². The highest BCUT2D eigenvalue weighted by Gasteiger charge is 2.41. The Kier molecular flexibility index (Phi) is 3.84. The summed E-state index contributed by atoms with van der Waals surface area (Å²) in [5, 5.41) is 7.60. The van der Waals surface area contributed by atoms with E-state index in [0.29, 0.717) is 16.9 Å². The van der Waals surface area contributed by atoms with Crippen molar-refractivity contribution < 1.29 is 13.9 Å². The highest BCUT2D eigenvalue weighted by atomic mass is 19.1. The number of ether oxygens (including phenoxy) is 1. The van der Waals surface area contributed by atoms with Crippen molar-refractivity contribution >= 4 is 16.8 Å². The molecule has 6 nitrogen and oxygen atoms in total. The van der Waals surface area contributed by atoms with Gasteiger partial charge in [0.05, 0.1) is 36.2 Å². The number of aromatic amines is 1. The molecule has 1 aromatic carbocycles. The van der Waals surface area contributed by atoms with Gasteiger partial charge in [0.1, 0.15) is 11.5 Å². The molecule has 0 amide bonds. The maximum atomic E-state index is 14.1. The van der Waals surface area contributed by atoms with Crippen molar-refractivity contribution in [1.29, 1.82) is 0 Å². The van der Waals surface area contributed by atoms with Crippen molar-refractivity contribution in [3.8, 4) is 11.3 Å². The summed E-state index contributed by atoms with van der Waals surface area (Å²) in [6, 6.07) is 12.1. The first kappa shape index (κ1) is 16.8. The molecule has 0 aliphatic carbocycles. The first-order valence-electron chi connectivity index (χ1n) is 8.99. The standard InChI is InChI=1S/C21H17FN4O2/c1-26-18(8-12-6-7-17(25-21(12)26)13-9-23-24-10-13)19(27)15-11-28-20(15)14-4-2-3-5-16(14)22/h2-10,15,20H,11H2,1H3,(H,23,24). The van der Waals surface area contributed by atoms with Crippen LogP contribution >= 0.6 is 0 Å². The molecule has 140 valence electrons.